The molecule has 0 atom stereocenters. The number of carboxylic acids is 1. The Hall–Kier alpha value is -2.89. The molecule has 0 aromatic rings. The lowest BCUT2D eigenvalue weighted by Gasteiger charge is -2.43. The summed E-state index contributed by atoms with van der Waals surface area (Å²) in [6.45, 7) is 9.50. The molecule has 0 N–H and O–H groups in total. The van der Waals surface area contributed by atoms with E-state index >= 15 is 0 Å². The highest BCUT2D eigenvalue weighted by Crippen LogP contribution is 2.46. The Labute approximate surface area is 160 Å². The van der Waals surface area contributed by atoms with Crippen molar-refractivity contribution in [3.05, 3.63) is 61.3 Å². The molecule has 0 aromatic carbocycles. The predicted molar refractivity (Wildman–Crippen MR) is 101 cm³/mol. The second-order valence-electron chi connectivity index (χ2n) is 5.53. The molecule has 0 fully saturated rings. The van der Waals surface area contributed by atoms with Gasteiger partial charge in [-0.2, -0.15) is 0 Å². The summed E-state index contributed by atoms with van der Waals surface area (Å²) in [6, 6.07) is 0. The van der Waals surface area contributed by atoms with Crippen LogP contribution in [0.5, 0.6) is 0 Å². The zero-order valence-electron chi connectivity index (χ0n) is 16.3. The van der Waals surface area contributed by atoms with Gasteiger partial charge in [-0.3, -0.25) is 4.79 Å². The summed E-state index contributed by atoms with van der Waals surface area (Å²) in [7, 11) is 0. The van der Waals surface area contributed by atoms with E-state index in [0.717, 1.165) is 6.08 Å². The minimum atomic E-state index is -1.80. The maximum Gasteiger partial charge on any atom is 0.330 e. The van der Waals surface area contributed by atoms with Crippen LogP contribution in [-0.4, -0.2) is 31.1 Å². The maximum atomic E-state index is 13.0. The highest BCUT2D eigenvalue weighted by atomic mass is 16.6. The van der Waals surface area contributed by atoms with Gasteiger partial charge in [-0.25, -0.2) is 4.79 Å². The Balaban J connectivity index is 6.16. The van der Waals surface area contributed by atoms with Gasteiger partial charge in [0, 0.05) is 6.08 Å². The molecule has 0 saturated heterocycles. The van der Waals surface area contributed by atoms with Crippen molar-refractivity contribution in [2.24, 2.45) is 10.8 Å². The van der Waals surface area contributed by atoms with Gasteiger partial charge in [0.15, 0.2) is 0 Å². The second-order valence-corrected chi connectivity index (χ2v) is 5.53. The van der Waals surface area contributed by atoms with Gasteiger partial charge in [0.2, 0.25) is 0 Å². The molecule has 0 unspecified atom stereocenters. The first-order chi connectivity index (χ1) is 12.8. The summed E-state index contributed by atoms with van der Waals surface area (Å²) in [5.74, 6) is -2.91. The van der Waals surface area contributed by atoms with Crippen molar-refractivity contribution in [3.8, 4) is 0 Å². The number of hydrogen-bond acceptors (Lipinski definition) is 6. The normalized spacial score (nSPS) is 16.4. The van der Waals surface area contributed by atoms with Gasteiger partial charge in [-0.05, 0) is 27.7 Å². The van der Waals surface area contributed by atoms with Crippen molar-refractivity contribution in [1.29, 1.82) is 0 Å². The van der Waals surface area contributed by atoms with E-state index in [4.69, 9.17) is 9.47 Å². The van der Waals surface area contributed by atoms with Crippen molar-refractivity contribution < 1.29 is 29.0 Å². The van der Waals surface area contributed by atoms with E-state index in [1.54, 1.807) is 39.8 Å². The average molecular weight is 375 g/mol. The molecule has 0 heterocycles. The number of carbonyl (C=O) groups is 3. The number of carboxylic acid groups (broad SMARTS) is 1. The van der Waals surface area contributed by atoms with Crippen LogP contribution in [0.1, 0.15) is 27.7 Å². The summed E-state index contributed by atoms with van der Waals surface area (Å²) in [4.78, 5) is 36.3. The van der Waals surface area contributed by atoms with E-state index < -0.39 is 28.7 Å². The Morgan fingerprint density at radius 1 is 0.815 bits per heavy atom. The second kappa shape index (κ2) is 11.7. The summed E-state index contributed by atoms with van der Waals surface area (Å²) in [6.07, 6.45) is 12.9. The van der Waals surface area contributed by atoms with Crippen LogP contribution >= 0.6 is 0 Å². The van der Waals surface area contributed by atoms with Gasteiger partial charge in [-0.1, -0.05) is 55.2 Å². The quantitative estimate of drug-likeness (QED) is 0.238. The van der Waals surface area contributed by atoms with Crippen molar-refractivity contribution in [2.75, 3.05) is 13.2 Å². The van der Waals surface area contributed by atoms with Crippen LogP contribution in [0.4, 0.5) is 0 Å². The summed E-state index contributed by atoms with van der Waals surface area (Å²) >= 11 is 0. The monoisotopic (exact) mass is 375 g/mol. The molecule has 0 saturated carbocycles. The van der Waals surface area contributed by atoms with E-state index in [1.807, 2.05) is 0 Å². The summed E-state index contributed by atoms with van der Waals surface area (Å²) in [5.41, 5.74) is -3.48. The fraction of sp³-hybridized carbons (Fsp3) is 0.381. The minimum absolute atomic E-state index is 0.177. The fourth-order valence-electron chi connectivity index (χ4n) is 2.78. The smallest absolute Gasteiger partial charge is 0.330 e. The number of ether oxygens (including phenoxy) is 2. The molecular weight excluding hydrogens is 348 g/mol. The lowest BCUT2D eigenvalue weighted by Crippen LogP contribution is -2.54. The third-order valence-corrected chi connectivity index (χ3v) is 3.81. The molecule has 0 aromatic heterocycles. The molecular formula is C21H27O6-. The van der Waals surface area contributed by atoms with Crippen LogP contribution in [-0.2, 0) is 23.9 Å². The molecule has 0 radical (unpaired) electrons. The van der Waals surface area contributed by atoms with Gasteiger partial charge in [0.05, 0.1) is 11.4 Å². The standard InChI is InChI=1S/C21H28O6/c1-6-11-20(12-7-2,18(23)24)21(13-8-3,14-9-4)19(25)27-16-15-26-17(22)10-5/h6-14H,5,15-16H2,1-4H3,(H,23,24)/p-1. The highest BCUT2D eigenvalue weighted by Gasteiger charge is 2.52. The van der Waals surface area contributed by atoms with Crippen LogP contribution in [0.2, 0.25) is 0 Å². The number of esters is 2. The van der Waals surface area contributed by atoms with Crippen LogP contribution in [0, 0.1) is 10.8 Å². The first-order valence-electron chi connectivity index (χ1n) is 8.55. The molecule has 148 valence electrons. The molecule has 0 aliphatic heterocycles. The lowest BCUT2D eigenvalue weighted by molar-refractivity contribution is -0.317. The third-order valence-electron chi connectivity index (χ3n) is 3.81. The van der Waals surface area contributed by atoms with Gasteiger partial charge < -0.3 is 19.4 Å². The summed E-state index contributed by atoms with van der Waals surface area (Å²) in [5, 5.41) is 12.2. The topological polar surface area (TPSA) is 92.7 Å². The zero-order chi connectivity index (χ0) is 20.9. The molecule has 0 spiro atoms. The number of allylic oxidation sites excluding steroid dienone is 4. The van der Waals surface area contributed by atoms with E-state index in [9.17, 15) is 19.5 Å². The Kier molecular flexibility index (Phi) is 10.4. The maximum absolute atomic E-state index is 13.0. The highest BCUT2D eigenvalue weighted by molar-refractivity contribution is 5.93. The van der Waals surface area contributed by atoms with E-state index in [2.05, 4.69) is 6.58 Å². The molecule has 0 rings (SSSR count). The van der Waals surface area contributed by atoms with Crippen LogP contribution in [0.15, 0.2) is 61.3 Å². The number of rotatable bonds is 11. The zero-order valence-corrected chi connectivity index (χ0v) is 16.3. The molecule has 27 heavy (non-hydrogen) atoms. The molecule has 0 amide bonds. The van der Waals surface area contributed by atoms with E-state index in [1.165, 1.54) is 36.5 Å². The minimum Gasteiger partial charge on any atom is -0.549 e. The fourth-order valence-corrected chi connectivity index (χ4v) is 2.78. The predicted octanol–water partition coefficient (Wildman–Crippen LogP) is 2.29. The van der Waals surface area contributed by atoms with E-state index in [-0.39, 0.29) is 13.2 Å². The lowest BCUT2D eigenvalue weighted by atomic mass is 9.62. The van der Waals surface area contributed by atoms with Gasteiger partial charge in [0.1, 0.15) is 18.6 Å². The van der Waals surface area contributed by atoms with Crippen LogP contribution in [0.25, 0.3) is 0 Å². The Morgan fingerprint density at radius 3 is 1.59 bits per heavy atom. The van der Waals surface area contributed by atoms with Gasteiger partial charge in [0.25, 0.3) is 0 Å². The number of carbonyl (C=O) groups excluding carboxylic acids is 3. The molecule has 6 nitrogen and oxygen atoms in total. The van der Waals surface area contributed by atoms with Crippen LogP contribution in [0.3, 0.4) is 0 Å². The van der Waals surface area contributed by atoms with Gasteiger partial charge in [-0.15, -0.1) is 0 Å². The van der Waals surface area contributed by atoms with Gasteiger partial charge >= 0.3 is 11.9 Å². The summed E-state index contributed by atoms with van der Waals surface area (Å²) < 4.78 is 10.0. The van der Waals surface area contributed by atoms with E-state index in [0.29, 0.717) is 0 Å². The SMILES string of the molecule is C=CC(=O)OCCOC(=O)C(C=CC)(C=CC)C(C=CC)(C=CC)C(=O)[O-]. The van der Waals surface area contributed by atoms with Crippen molar-refractivity contribution >= 4 is 17.9 Å². The molecule has 6 heteroatoms. The third kappa shape index (κ3) is 5.54. The van der Waals surface area contributed by atoms with Crippen molar-refractivity contribution in [2.45, 2.75) is 27.7 Å². The Morgan fingerprint density at radius 2 is 1.22 bits per heavy atom. The number of aliphatic carboxylic acids is 1. The Bertz CT molecular complexity index is 628. The molecule has 0 aliphatic rings. The number of hydrogen-bond donors (Lipinski definition) is 0. The van der Waals surface area contributed by atoms with Crippen molar-refractivity contribution in [1.82, 2.24) is 0 Å². The first kappa shape index (κ1) is 24.1. The molecule has 0 aliphatic carbocycles. The first-order valence-corrected chi connectivity index (χ1v) is 8.55. The van der Waals surface area contributed by atoms with Crippen LogP contribution < -0.4 is 5.11 Å². The molecule has 0 bridgehead atoms. The average Bonchev–Trinajstić information content (AvgIpc) is 2.63. The van der Waals surface area contributed by atoms with Crippen molar-refractivity contribution in [3.63, 3.8) is 0 Å². The largest absolute Gasteiger partial charge is 0.549 e.